The number of hydrogen-bond acceptors (Lipinski definition) is 2. The molecule has 2 aromatic rings. The van der Waals surface area contributed by atoms with Gasteiger partial charge in [0.25, 0.3) is 0 Å². The molecule has 0 N–H and O–H groups in total. The van der Waals surface area contributed by atoms with Crippen LogP contribution in [0.3, 0.4) is 0 Å². The van der Waals surface area contributed by atoms with E-state index in [0.29, 0.717) is 5.15 Å². The van der Waals surface area contributed by atoms with Crippen LogP contribution in [0.4, 0.5) is 0 Å². The second-order valence-corrected chi connectivity index (χ2v) is 3.73. The third-order valence-corrected chi connectivity index (χ3v) is 2.76. The Morgan fingerprint density at radius 2 is 2.25 bits per heavy atom. The molecule has 12 heavy (non-hydrogen) atoms. The lowest BCUT2D eigenvalue weighted by atomic mass is 10.5. The molecule has 0 aliphatic carbocycles. The molecule has 5 heteroatoms. The number of aromatic nitrogens is 2. The van der Waals surface area contributed by atoms with Gasteiger partial charge in [0.15, 0.2) is 0 Å². The van der Waals surface area contributed by atoms with Crippen LogP contribution in [0.5, 0.6) is 0 Å². The predicted molar refractivity (Wildman–Crippen MR) is 51.9 cm³/mol. The first-order chi connectivity index (χ1) is 5.81. The topological polar surface area (TPSA) is 17.3 Å². The highest BCUT2D eigenvalue weighted by molar-refractivity contribution is 8.21. The van der Waals surface area contributed by atoms with Gasteiger partial charge in [-0.25, -0.2) is 4.98 Å². The highest BCUT2D eigenvalue weighted by Gasteiger charge is 2.00. The van der Waals surface area contributed by atoms with E-state index < -0.39 is 0 Å². The van der Waals surface area contributed by atoms with Crippen LogP contribution in [0.1, 0.15) is 0 Å². The fourth-order valence-electron chi connectivity index (χ4n) is 0.977. The molecule has 2 nitrogen and oxygen atoms in total. The number of imidazole rings is 1. The van der Waals surface area contributed by atoms with Gasteiger partial charge in [-0.3, -0.25) is 4.40 Å². The zero-order valence-corrected chi connectivity index (χ0v) is 8.20. The molecular weight excluding hydrogens is 215 g/mol. The van der Waals surface area contributed by atoms with Gasteiger partial charge >= 0.3 is 0 Å². The van der Waals surface area contributed by atoms with Crippen molar-refractivity contribution in [1.29, 1.82) is 0 Å². The second kappa shape index (κ2) is 3.17. The lowest BCUT2D eigenvalue weighted by molar-refractivity contribution is 1.13. The van der Waals surface area contributed by atoms with E-state index in [1.807, 2.05) is 18.3 Å². The number of rotatable bonds is 1. The van der Waals surface area contributed by atoms with Crippen LogP contribution in [-0.2, 0) is 0 Å². The Morgan fingerprint density at radius 3 is 3.00 bits per heavy atom. The van der Waals surface area contributed by atoms with Gasteiger partial charge in [-0.15, -0.1) is 0 Å². The van der Waals surface area contributed by atoms with Crippen LogP contribution in [0.25, 0.3) is 5.65 Å². The monoisotopic (exact) mass is 218 g/mol. The Kier molecular flexibility index (Phi) is 2.17. The van der Waals surface area contributed by atoms with E-state index in [1.165, 1.54) is 0 Å². The number of fused-ring (bicyclic) bond motifs is 1. The van der Waals surface area contributed by atoms with Crippen molar-refractivity contribution in [2.24, 2.45) is 0 Å². The van der Waals surface area contributed by atoms with Crippen molar-refractivity contribution in [2.45, 2.75) is 4.90 Å². The molecule has 0 amide bonds. The summed E-state index contributed by atoms with van der Waals surface area (Å²) >= 11 is 5.85. The first-order valence-electron chi connectivity index (χ1n) is 3.22. The third-order valence-electron chi connectivity index (χ3n) is 1.52. The average Bonchev–Trinajstić information content (AvgIpc) is 2.47. The predicted octanol–water partition coefficient (Wildman–Crippen LogP) is 3.23. The van der Waals surface area contributed by atoms with Crippen molar-refractivity contribution in [3.8, 4) is 0 Å². The molecule has 0 fully saturated rings. The normalized spacial score (nSPS) is 10.8. The minimum absolute atomic E-state index is 0.595. The smallest absolute Gasteiger partial charge is 0.137 e. The third kappa shape index (κ3) is 1.28. The molecule has 0 aliphatic heterocycles. The summed E-state index contributed by atoms with van der Waals surface area (Å²) in [5.74, 6) is 0. The maximum atomic E-state index is 5.85. The van der Waals surface area contributed by atoms with Crippen LogP contribution in [-0.4, -0.2) is 9.38 Å². The SMILES string of the molecule is ClSc1ccc2ncc(Cl)n2c1. The van der Waals surface area contributed by atoms with Gasteiger partial charge in [0.2, 0.25) is 0 Å². The van der Waals surface area contributed by atoms with Gasteiger partial charge in [0, 0.05) is 11.1 Å². The number of hydrogen-bond donors (Lipinski definition) is 0. The van der Waals surface area contributed by atoms with E-state index in [2.05, 4.69) is 4.98 Å². The van der Waals surface area contributed by atoms with Crippen molar-refractivity contribution in [3.63, 3.8) is 0 Å². The maximum Gasteiger partial charge on any atom is 0.137 e. The Morgan fingerprint density at radius 1 is 1.42 bits per heavy atom. The number of nitrogens with zero attached hydrogens (tertiary/aromatic N) is 2. The largest absolute Gasteiger partial charge is 0.289 e. The van der Waals surface area contributed by atoms with E-state index in [0.717, 1.165) is 21.5 Å². The molecule has 0 radical (unpaired) electrons. The molecule has 0 aliphatic rings. The Hall–Kier alpha value is -0.380. The molecule has 0 unspecified atom stereocenters. The van der Waals surface area contributed by atoms with Crippen LogP contribution in [0.15, 0.2) is 29.4 Å². The van der Waals surface area contributed by atoms with Gasteiger partial charge in [0.1, 0.15) is 10.8 Å². The van der Waals surface area contributed by atoms with Crippen molar-refractivity contribution >= 4 is 38.9 Å². The minimum atomic E-state index is 0.595. The molecule has 2 aromatic heterocycles. The molecule has 62 valence electrons. The lowest BCUT2D eigenvalue weighted by Crippen LogP contribution is -1.83. The van der Waals surface area contributed by atoms with E-state index >= 15 is 0 Å². The first kappa shape index (κ1) is 8.23. The van der Waals surface area contributed by atoms with Gasteiger partial charge in [-0.1, -0.05) is 11.6 Å². The molecule has 0 saturated carbocycles. The molecule has 2 heterocycles. The Balaban J connectivity index is 2.71. The quantitative estimate of drug-likeness (QED) is 0.732. The van der Waals surface area contributed by atoms with Crippen molar-refractivity contribution in [2.75, 3.05) is 0 Å². The summed E-state index contributed by atoms with van der Waals surface area (Å²) in [5.41, 5.74) is 0.828. The molecule has 0 bridgehead atoms. The molecule has 0 spiro atoms. The Bertz CT molecular complexity index is 413. The van der Waals surface area contributed by atoms with Gasteiger partial charge in [-0.05, 0) is 33.8 Å². The zero-order valence-electron chi connectivity index (χ0n) is 5.87. The van der Waals surface area contributed by atoms with Gasteiger partial charge in [-0.2, -0.15) is 0 Å². The first-order valence-corrected chi connectivity index (χ1v) is 5.24. The maximum absolute atomic E-state index is 5.85. The molecule has 0 aromatic carbocycles. The zero-order chi connectivity index (χ0) is 8.55. The van der Waals surface area contributed by atoms with Crippen LogP contribution in [0.2, 0.25) is 5.15 Å². The summed E-state index contributed by atoms with van der Waals surface area (Å²) in [6.45, 7) is 0. The van der Waals surface area contributed by atoms with E-state index in [9.17, 15) is 0 Å². The van der Waals surface area contributed by atoms with E-state index in [1.54, 1.807) is 10.6 Å². The average molecular weight is 219 g/mol. The van der Waals surface area contributed by atoms with Crippen molar-refractivity contribution in [3.05, 3.63) is 29.7 Å². The molecule has 0 saturated heterocycles. The highest BCUT2D eigenvalue weighted by Crippen LogP contribution is 2.23. The van der Waals surface area contributed by atoms with Gasteiger partial charge < -0.3 is 0 Å². The van der Waals surface area contributed by atoms with E-state index in [4.69, 9.17) is 22.3 Å². The summed E-state index contributed by atoms with van der Waals surface area (Å²) in [6.07, 6.45) is 3.46. The summed E-state index contributed by atoms with van der Waals surface area (Å²) in [7, 11) is 6.75. The standard InChI is InChI=1S/C7H4Cl2N2S/c8-6-3-10-7-2-1-5(12-9)4-11(6)7/h1-4H. The summed E-state index contributed by atoms with van der Waals surface area (Å²) in [4.78, 5) is 5.02. The number of halogens is 2. The fraction of sp³-hybridized carbons (Fsp3) is 0. The summed E-state index contributed by atoms with van der Waals surface area (Å²) in [5, 5.41) is 0.595. The summed E-state index contributed by atoms with van der Waals surface area (Å²) < 4.78 is 1.78. The second-order valence-electron chi connectivity index (χ2n) is 2.25. The van der Waals surface area contributed by atoms with Crippen LogP contribution in [0, 0.1) is 0 Å². The fourth-order valence-corrected chi connectivity index (χ4v) is 1.70. The Labute approximate surface area is 83.0 Å². The molecular formula is C7H4Cl2N2S. The van der Waals surface area contributed by atoms with Crippen LogP contribution >= 0.6 is 33.3 Å². The van der Waals surface area contributed by atoms with Gasteiger partial charge in [0.05, 0.1) is 6.20 Å². The highest BCUT2D eigenvalue weighted by atomic mass is 35.7. The van der Waals surface area contributed by atoms with Crippen LogP contribution < -0.4 is 0 Å². The molecule has 0 atom stereocenters. The van der Waals surface area contributed by atoms with Crippen molar-refractivity contribution in [1.82, 2.24) is 9.38 Å². The van der Waals surface area contributed by atoms with E-state index in [-0.39, 0.29) is 0 Å². The number of pyridine rings is 1. The molecule has 2 rings (SSSR count). The minimum Gasteiger partial charge on any atom is -0.289 e. The van der Waals surface area contributed by atoms with Crippen molar-refractivity contribution < 1.29 is 0 Å². The summed E-state index contributed by atoms with van der Waals surface area (Å²) in [6, 6.07) is 3.77. The lowest BCUT2D eigenvalue weighted by Gasteiger charge is -1.96.